The number of benzene rings is 1. The van der Waals surface area contributed by atoms with Crippen LogP contribution in [0, 0.1) is 18.3 Å². The number of hydrogen-bond acceptors (Lipinski definition) is 8. The Morgan fingerprint density at radius 1 is 1.23 bits per heavy atom. The van der Waals surface area contributed by atoms with Crippen LogP contribution in [0.5, 0.6) is 5.75 Å². The largest absolute Gasteiger partial charge is 0.495 e. The van der Waals surface area contributed by atoms with E-state index in [1.165, 1.54) is 0 Å². The highest BCUT2D eigenvalue weighted by molar-refractivity contribution is 5.94. The fourth-order valence-electron chi connectivity index (χ4n) is 3.73. The Hall–Kier alpha value is -3.44. The van der Waals surface area contributed by atoms with Crippen LogP contribution in [0.4, 0.5) is 11.6 Å². The molecule has 2 aromatic heterocycles. The van der Waals surface area contributed by atoms with E-state index in [1.807, 2.05) is 32.2 Å². The van der Waals surface area contributed by atoms with Crippen LogP contribution in [-0.4, -0.2) is 48.6 Å². The lowest BCUT2D eigenvalue weighted by Gasteiger charge is -2.28. The van der Waals surface area contributed by atoms with Crippen LogP contribution in [0.3, 0.4) is 0 Å². The summed E-state index contributed by atoms with van der Waals surface area (Å²) >= 11 is 0. The quantitative estimate of drug-likeness (QED) is 0.692. The third-order valence-electron chi connectivity index (χ3n) is 5.36. The molecule has 0 spiro atoms. The van der Waals surface area contributed by atoms with Crippen molar-refractivity contribution in [2.75, 3.05) is 43.6 Å². The first-order valence-electron chi connectivity index (χ1n) is 9.91. The van der Waals surface area contributed by atoms with Crippen LogP contribution in [0.2, 0.25) is 0 Å². The molecule has 0 saturated carbocycles. The molecule has 3 aromatic rings. The summed E-state index contributed by atoms with van der Waals surface area (Å²) in [6.07, 6.45) is 1.86. The van der Waals surface area contributed by atoms with Crippen LogP contribution in [-0.2, 0) is 4.74 Å². The van der Waals surface area contributed by atoms with Gasteiger partial charge in [0.15, 0.2) is 5.82 Å². The molecule has 1 aliphatic heterocycles. The van der Waals surface area contributed by atoms with Crippen molar-refractivity contribution in [3.8, 4) is 11.8 Å². The molecule has 1 fully saturated rings. The molecule has 30 heavy (non-hydrogen) atoms. The molecule has 3 heterocycles. The minimum Gasteiger partial charge on any atom is -0.495 e. The zero-order valence-electron chi connectivity index (χ0n) is 17.3. The topological polar surface area (TPSA) is 96.2 Å². The average Bonchev–Trinajstić information content (AvgIpc) is 2.80. The predicted molar refractivity (Wildman–Crippen MR) is 115 cm³/mol. The number of aromatic nitrogens is 3. The van der Waals surface area contributed by atoms with Crippen molar-refractivity contribution in [1.82, 2.24) is 15.2 Å². The van der Waals surface area contributed by atoms with E-state index >= 15 is 0 Å². The van der Waals surface area contributed by atoms with Gasteiger partial charge in [0.2, 0.25) is 0 Å². The molecular weight excluding hydrogens is 380 g/mol. The standard InChI is InChI=1S/C22H24N6O2/c1-14(17-6-4-5-16(12-23)21(17)29-3)25-22-18-11-20(28-7-9-30-10-8-28)24-13-19(18)15(2)26-27-22/h4-6,11,13-14H,7-10H2,1-3H3,(H,25,27)/t14-/m1/s1. The van der Waals surface area contributed by atoms with Gasteiger partial charge in [0.1, 0.15) is 17.6 Å². The van der Waals surface area contributed by atoms with E-state index in [4.69, 9.17) is 9.47 Å². The van der Waals surface area contributed by atoms with Crippen LogP contribution < -0.4 is 15.0 Å². The van der Waals surface area contributed by atoms with Gasteiger partial charge in [-0.05, 0) is 26.0 Å². The lowest BCUT2D eigenvalue weighted by atomic mass is 10.0. The highest BCUT2D eigenvalue weighted by Gasteiger charge is 2.19. The van der Waals surface area contributed by atoms with Gasteiger partial charge >= 0.3 is 0 Å². The monoisotopic (exact) mass is 404 g/mol. The summed E-state index contributed by atoms with van der Waals surface area (Å²) in [5.41, 5.74) is 2.21. The molecule has 1 saturated heterocycles. The maximum absolute atomic E-state index is 9.38. The zero-order valence-corrected chi connectivity index (χ0v) is 17.3. The van der Waals surface area contributed by atoms with Crippen LogP contribution in [0.15, 0.2) is 30.5 Å². The molecule has 1 aliphatic rings. The van der Waals surface area contributed by atoms with E-state index < -0.39 is 0 Å². The second-order valence-electron chi connectivity index (χ2n) is 7.23. The van der Waals surface area contributed by atoms with E-state index in [9.17, 15) is 5.26 Å². The number of rotatable bonds is 5. The normalized spacial score (nSPS) is 14.9. The summed E-state index contributed by atoms with van der Waals surface area (Å²) in [5, 5.41) is 23.5. The van der Waals surface area contributed by atoms with Gasteiger partial charge in [0, 0.05) is 35.6 Å². The van der Waals surface area contributed by atoms with Gasteiger partial charge in [-0.15, -0.1) is 5.10 Å². The SMILES string of the molecule is COc1c(C#N)cccc1[C@@H](C)Nc1nnc(C)c2cnc(N3CCOCC3)cc12. The Morgan fingerprint density at radius 3 is 2.77 bits per heavy atom. The molecule has 154 valence electrons. The summed E-state index contributed by atoms with van der Waals surface area (Å²) < 4.78 is 11.0. The molecule has 0 amide bonds. The number of methoxy groups -OCH3 is 1. The maximum atomic E-state index is 9.38. The Bertz CT molecular complexity index is 1100. The number of aryl methyl sites for hydroxylation is 1. The number of nitriles is 1. The summed E-state index contributed by atoms with van der Waals surface area (Å²) in [4.78, 5) is 6.85. The number of pyridine rings is 1. The molecule has 8 heteroatoms. The van der Waals surface area contributed by atoms with Crippen molar-refractivity contribution in [1.29, 1.82) is 5.26 Å². The van der Waals surface area contributed by atoms with E-state index in [1.54, 1.807) is 13.2 Å². The first-order chi connectivity index (χ1) is 14.6. The van der Waals surface area contributed by atoms with Crippen molar-refractivity contribution in [2.45, 2.75) is 19.9 Å². The minimum atomic E-state index is -0.145. The number of nitrogens with one attached hydrogen (secondary N) is 1. The molecule has 0 bridgehead atoms. The molecule has 1 atom stereocenters. The number of ether oxygens (including phenoxy) is 2. The van der Waals surface area contributed by atoms with E-state index in [-0.39, 0.29) is 6.04 Å². The molecule has 0 unspecified atom stereocenters. The van der Waals surface area contributed by atoms with Crippen LogP contribution in [0.1, 0.15) is 29.8 Å². The minimum absolute atomic E-state index is 0.145. The summed E-state index contributed by atoms with van der Waals surface area (Å²) in [6.45, 7) is 6.96. The lowest BCUT2D eigenvalue weighted by molar-refractivity contribution is 0.122. The summed E-state index contributed by atoms with van der Waals surface area (Å²) in [6, 6.07) is 9.64. The fraction of sp³-hybridized carbons (Fsp3) is 0.364. The van der Waals surface area contributed by atoms with Gasteiger partial charge in [-0.1, -0.05) is 12.1 Å². The average molecular weight is 404 g/mol. The second kappa shape index (κ2) is 8.51. The summed E-state index contributed by atoms with van der Waals surface area (Å²) in [7, 11) is 1.58. The molecule has 4 rings (SSSR count). The van der Waals surface area contributed by atoms with Gasteiger partial charge < -0.3 is 19.7 Å². The molecular formula is C22H24N6O2. The predicted octanol–water partition coefficient (Wildman–Crippen LogP) is 3.22. The van der Waals surface area contributed by atoms with Crippen molar-refractivity contribution in [3.05, 3.63) is 47.3 Å². The Kier molecular flexibility index (Phi) is 5.63. The Labute approximate surface area is 175 Å². The van der Waals surface area contributed by atoms with Crippen molar-refractivity contribution in [2.24, 2.45) is 0 Å². The van der Waals surface area contributed by atoms with Gasteiger partial charge in [-0.2, -0.15) is 10.4 Å². The molecule has 0 aliphatic carbocycles. The van der Waals surface area contributed by atoms with Crippen LogP contribution >= 0.6 is 0 Å². The lowest BCUT2D eigenvalue weighted by Crippen LogP contribution is -2.36. The van der Waals surface area contributed by atoms with Crippen molar-refractivity contribution in [3.63, 3.8) is 0 Å². The first-order valence-corrected chi connectivity index (χ1v) is 9.91. The second-order valence-corrected chi connectivity index (χ2v) is 7.23. The fourth-order valence-corrected chi connectivity index (χ4v) is 3.73. The zero-order chi connectivity index (χ0) is 21.1. The Morgan fingerprint density at radius 2 is 2.03 bits per heavy atom. The van der Waals surface area contributed by atoms with Crippen LogP contribution in [0.25, 0.3) is 10.8 Å². The molecule has 0 radical (unpaired) electrons. The highest BCUT2D eigenvalue weighted by atomic mass is 16.5. The van der Waals surface area contributed by atoms with E-state index in [0.717, 1.165) is 40.9 Å². The first kappa shape index (κ1) is 19.9. The highest BCUT2D eigenvalue weighted by Crippen LogP contribution is 2.33. The molecule has 1 N–H and O–H groups in total. The van der Waals surface area contributed by atoms with Gasteiger partial charge in [-0.3, -0.25) is 0 Å². The third kappa shape index (κ3) is 3.72. The number of fused-ring (bicyclic) bond motifs is 1. The number of nitrogens with zero attached hydrogens (tertiary/aromatic N) is 5. The molecule has 8 nitrogen and oxygen atoms in total. The number of para-hydroxylation sites is 1. The Balaban J connectivity index is 1.72. The van der Waals surface area contributed by atoms with Gasteiger partial charge in [-0.25, -0.2) is 4.98 Å². The van der Waals surface area contributed by atoms with Gasteiger partial charge in [0.05, 0.1) is 37.6 Å². The number of hydrogen-bond donors (Lipinski definition) is 1. The number of anilines is 2. The molecule has 1 aromatic carbocycles. The third-order valence-corrected chi connectivity index (χ3v) is 5.36. The van der Waals surface area contributed by atoms with Crippen molar-refractivity contribution >= 4 is 22.4 Å². The number of morpholine rings is 1. The maximum Gasteiger partial charge on any atom is 0.157 e. The summed E-state index contributed by atoms with van der Waals surface area (Å²) in [5.74, 6) is 2.14. The van der Waals surface area contributed by atoms with Crippen molar-refractivity contribution < 1.29 is 9.47 Å². The van der Waals surface area contributed by atoms with E-state index in [2.05, 4.69) is 37.5 Å². The van der Waals surface area contributed by atoms with E-state index in [0.29, 0.717) is 30.3 Å². The van der Waals surface area contributed by atoms with Gasteiger partial charge in [0.25, 0.3) is 0 Å². The smallest absolute Gasteiger partial charge is 0.157 e.